The number of aliphatic hydroxyl groups is 1. The number of anilines is 1. The van der Waals surface area contributed by atoms with Gasteiger partial charge >= 0.3 is 0 Å². The van der Waals surface area contributed by atoms with Crippen LogP contribution in [0.2, 0.25) is 0 Å². The smallest absolute Gasteiger partial charge is 0.281 e. The molecule has 0 radical (unpaired) electrons. The van der Waals surface area contributed by atoms with Gasteiger partial charge in [-0.1, -0.05) is 13.0 Å². The third kappa shape index (κ3) is 5.79. The zero-order chi connectivity index (χ0) is 25.3. The first kappa shape index (κ1) is 25.5. The summed E-state index contributed by atoms with van der Waals surface area (Å²) in [5.74, 6) is 0.549. The highest BCUT2D eigenvalue weighted by Gasteiger charge is 2.35. The minimum atomic E-state index is -4.00. The van der Waals surface area contributed by atoms with E-state index in [-0.39, 0.29) is 46.6 Å². The van der Waals surface area contributed by atoms with Crippen LogP contribution in [-0.2, 0) is 17.1 Å². The van der Waals surface area contributed by atoms with Crippen LogP contribution in [0.25, 0.3) is 0 Å². The van der Waals surface area contributed by atoms with E-state index in [0.29, 0.717) is 19.0 Å². The number of fused-ring (bicyclic) bond motifs is 1. The molecule has 11 heteroatoms. The second-order valence-electron chi connectivity index (χ2n) is 9.95. The largest absolute Gasteiger partial charge is 0.486 e. The summed E-state index contributed by atoms with van der Waals surface area (Å²) in [5.41, 5.74) is 0.440. The van der Waals surface area contributed by atoms with Crippen LogP contribution in [0.5, 0.6) is 5.75 Å². The topological polar surface area (TPSA) is 117 Å². The predicted octanol–water partition coefficient (Wildman–Crippen LogP) is 1.78. The van der Waals surface area contributed by atoms with Gasteiger partial charge in [-0.2, -0.15) is 8.42 Å². The van der Waals surface area contributed by atoms with Crippen molar-refractivity contribution in [2.75, 3.05) is 38.0 Å². The number of para-hydroxylation sites is 1. The Kier molecular flexibility index (Phi) is 7.39. The molecule has 1 aromatic heterocycles. The number of likely N-dealkylation sites (N-methyl/N-ethyl adjacent to an activating group) is 1. The van der Waals surface area contributed by atoms with E-state index < -0.39 is 16.1 Å². The highest BCUT2D eigenvalue weighted by Crippen LogP contribution is 2.36. The molecule has 0 bridgehead atoms. The van der Waals surface area contributed by atoms with Crippen LogP contribution >= 0.6 is 0 Å². The van der Waals surface area contributed by atoms with Crippen LogP contribution in [0.3, 0.4) is 0 Å². The van der Waals surface area contributed by atoms with Crippen molar-refractivity contribution >= 4 is 21.6 Å². The van der Waals surface area contributed by atoms with E-state index in [1.807, 2.05) is 6.92 Å². The number of nitrogens with zero attached hydrogens (tertiary/aromatic N) is 4. The van der Waals surface area contributed by atoms with Crippen LogP contribution in [0.4, 0.5) is 5.69 Å². The van der Waals surface area contributed by atoms with Crippen molar-refractivity contribution in [3.63, 3.8) is 0 Å². The molecule has 0 unspecified atom stereocenters. The molecule has 192 valence electrons. The normalized spacial score (nSPS) is 21.8. The fourth-order valence-electron chi connectivity index (χ4n) is 4.39. The van der Waals surface area contributed by atoms with Gasteiger partial charge < -0.3 is 24.2 Å². The second kappa shape index (κ2) is 10.2. The Morgan fingerprint density at radius 3 is 2.69 bits per heavy atom. The molecule has 1 aliphatic carbocycles. The average molecular weight is 506 g/mol. The summed E-state index contributed by atoms with van der Waals surface area (Å²) in [6, 6.07) is 4.45. The van der Waals surface area contributed by atoms with E-state index in [1.54, 1.807) is 41.6 Å². The van der Waals surface area contributed by atoms with E-state index in [0.717, 1.165) is 6.54 Å². The lowest BCUT2D eigenvalue weighted by atomic mass is 9.99. The van der Waals surface area contributed by atoms with Crippen LogP contribution in [0, 0.1) is 11.8 Å². The number of aromatic nitrogens is 2. The summed E-state index contributed by atoms with van der Waals surface area (Å²) < 4.78 is 36.6. The molecule has 35 heavy (non-hydrogen) atoms. The Balaban J connectivity index is 1.72. The number of ether oxygens (including phenoxy) is 1. The fraction of sp³-hybridized carbons (Fsp3) is 0.583. The number of hydrogen-bond acceptors (Lipinski definition) is 7. The number of sulfonamides is 1. The third-order valence-corrected chi connectivity index (χ3v) is 7.90. The van der Waals surface area contributed by atoms with Crippen molar-refractivity contribution in [1.82, 2.24) is 19.4 Å². The first-order valence-electron chi connectivity index (χ1n) is 12.0. The lowest BCUT2D eigenvalue weighted by Crippen LogP contribution is -2.50. The fourth-order valence-corrected chi connectivity index (χ4v) is 5.43. The van der Waals surface area contributed by atoms with E-state index in [4.69, 9.17) is 4.74 Å². The zero-order valence-electron chi connectivity index (χ0n) is 20.7. The molecule has 4 rings (SSSR count). The van der Waals surface area contributed by atoms with Gasteiger partial charge in [0.25, 0.3) is 15.9 Å². The number of hydrogen-bond donors (Lipinski definition) is 2. The standard InChI is InChI=1S/C24H35N5O5S/c1-16-10-29(17(2)14-30)24(31)19-6-5-7-20(26-35(32,33)22-13-28(4)15-25-22)23(19)34-21(16)12-27(3)11-18-8-9-18/h5-7,13,15-18,21,26,30H,8-12,14H2,1-4H3/t16-,17-,21-/m1/s1. The van der Waals surface area contributed by atoms with Crippen molar-refractivity contribution in [2.24, 2.45) is 18.9 Å². The van der Waals surface area contributed by atoms with E-state index in [2.05, 4.69) is 21.7 Å². The van der Waals surface area contributed by atoms with Gasteiger partial charge in [-0.15, -0.1) is 0 Å². The molecule has 2 aliphatic rings. The molecule has 1 aliphatic heterocycles. The quantitative estimate of drug-likeness (QED) is 0.534. The maximum atomic E-state index is 13.5. The summed E-state index contributed by atoms with van der Waals surface area (Å²) in [4.78, 5) is 21.4. The number of aryl methyl sites for hydroxylation is 1. The van der Waals surface area contributed by atoms with Crippen molar-refractivity contribution in [1.29, 1.82) is 0 Å². The molecule has 1 aromatic carbocycles. The highest BCUT2D eigenvalue weighted by molar-refractivity contribution is 7.92. The number of aliphatic hydroxyl groups excluding tert-OH is 1. The number of carbonyl (C=O) groups is 1. The number of nitrogens with one attached hydrogen (secondary N) is 1. The van der Waals surface area contributed by atoms with Crippen LogP contribution in [0.1, 0.15) is 37.0 Å². The monoisotopic (exact) mass is 505 g/mol. The van der Waals surface area contributed by atoms with Gasteiger partial charge in [0.05, 0.1) is 30.2 Å². The minimum absolute atomic E-state index is 0.0526. The molecule has 3 atom stereocenters. The Morgan fingerprint density at radius 1 is 1.31 bits per heavy atom. The molecular formula is C24H35N5O5S. The number of benzene rings is 1. The molecule has 2 heterocycles. The summed E-state index contributed by atoms with van der Waals surface area (Å²) in [7, 11) is -0.252. The van der Waals surface area contributed by atoms with Gasteiger partial charge in [0.15, 0.2) is 10.8 Å². The molecule has 0 spiro atoms. The van der Waals surface area contributed by atoms with Crippen LogP contribution < -0.4 is 9.46 Å². The molecule has 1 saturated carbocycles. The van der Waals surface area contributed by atoms with E-state index in [9.17, 15) is 18.3 Å². The van der Waals surface area contributed by atoms with Gasteiger partial charge in [0.2, 0.25) is 0 Å². The van der Waals surface area contributed by atoms with Crippen molar-refractivity contribution in [2.45, 2.75) is 43.9 Å². The SMILES string of the molecule is C[C@@H]1CN([C@H](C)CO)C(=O)c2cccc(NS(=O)(=O)c3cn(C)cn3)c2O[C@@H]1CN(C)CC1CC1. The molecular weight excluding hydrogens is 470 g/mol. The van der Waals surface area contributed by atoms with Gasteiger partial charge in [0.1, 0.15) is 6.10 Å². The summed E-state index contributed by atoms with van der Waals surface area (Å²) in [6.45, 7) is 5.68. The lowest BCUT2D eigenvalue weighted by Gasteiger charge is -2.38. The number of amides is 1. The van der Waals surface area contributed by atoms with Crippen LogP contribution in [-0.4, -0.2) is 84.2 Å². The summed E-state index contributed by atoms with van der Waals surface area (Å²) >= 11 is 0. The van der Waals surface area contributed by atoms with Crippen LogP contribution in [0.15, 0.2) is 35.7 Å². The Bertz CT molecular complexity index is 1160. The number of carbonyl (C=O) groups excluding carboxylic acids is 1. The Labute approximate surface area is 206 Å². The third-order valence-electron chi connectivity index (χ3n) is 6.65. The summed E-state index contributed by atoms with van der Waals surface area (Å²) in [6.07, 6.45) is 5.00. The maximum Gasteiger partial charge on any atom is 0.281 e. The molecule has 1 amide bonds. The number of imidazole rings is 1. The molecule has 2 N–H and O–H groups in total. The summed E-state index contributed by atoms with van der Waals surface area (Å²) in [5, 5.41) is 9.69. The Morgan fingerprint density at radius 2 is 2.06 bits per heavy atom. The van der Waals surface area contributed by atoms with Crippen molar-refractivity contribution < 1.29 is 23.1 Å². The first-order chi connectivity index (χ1) is 16.6. The Hall–Kier alpha value is -2.63. The van der Waals surface area contributed by atoms with Gasteiger partial charge in [-0.25, -0.2) is 4.98 Å². The number of rotatable bonds is 9. The minimum Gasteiger partial charge on any atom is -0.486 e. The predicted molar refractivity (Wildman–Crippen MR) is 132 cm³/mol. The van der Waals surface area contributed by atoms with Crippen molar-refractivity contribution in [3.8, 4) is 5.75 Å². The van der Waals surface area contributed by atoms with Gasteiger partial charge in [0, 0.05) is 38.8 Å². The second-order valence-corrected chi connectivity index (χ2v) is 11.6. The lowest BCUT2D eigenvalue weighted by molar-refractivity contribution is 0.0346. The molecule has 1 fully saturated rings. The van der Waals surface area contributed by atoms with Crippen molar-refractivity contribution in [3.05, 3.63) is 36.3 Å². The molecule has 10 nitrogen and oxygen atoms in total. The molecule has 0 saturated heterocycles. The maximum absolute atomic E-state index is 13.5. The van der Waals surface area contributed by atoms with E-state index >= 15 is 0 Å². The van der Waals surface area contributed by atoms with E-state index in [1.165, 1.54) is 25.4 Å². The highest BCUT2D eigenvalue weighted by atomic mass is 32.2. The van der Waals surface area contributed by atoms with Gasteiger partial charge in [-0.05, 0) is 44.9 Å². The average Bonchev–Trinajstić information content (AvgIpc) is 3.51. The zero-order valence-corrected chi connectivity index (χ0v) is 21.5. The molecule has 2 aromatic rings. The van der Waals surface area contributed by atoms with Gasteiger partial charge in [-0.3, -0.25) is 9.52 Å². The first-order valence-corrected chi connectivity index (χ1v) is 13.5.